The summed E-state index contributed by atoms with van der Waals surface area (Å²) in [7, 11) is 1.63. The lowest BCUT2D eigenvalue weighted by atomic mass is 10.1. The number of anilines is 6. The first kappa shape index (κ1) is 25.5. The van der Waals surface area contributed by atoms with Gasteiger partial charge in [0.2, 0.25) is 17.8 Å². The number of alkyl halides is 3. The van der Waals surface area contributed by atoms with Crippen LogP contribution in [0.15, 0.2) is 61.3 Å². The quantitative estimate of drug-likeness (QED) is 0.355. The van der Waals surface area contributed by atoms with Crippen LogP contribution >= 0.6 is 11.6 Å². The Morgan fingerprint density at radius 2 is 1.83 bits per heavy atom. The summed E-state index contributed by atoms with van der Waals surface area (Å²) in [6, 6.07) is 10.1. The van der Waals surface area contributed by atoms with Gasteiger partial charge in [0.25, 0.3) is 0 Å². The van der Waals surface area contributed by atoms with Gasteiger partial charge in [-0.05, 0) is 36.4 Å². The number of benzene rings is 2. The molecule has 0 spiro atoms. The van der Waals surface area contributed by atoms with Gasteiger partial charge in [-0.1, -0.05) is 30.3 Å². The summed E-state index contributed by atoms with van der Waals surface area (Å²) < 4.78 is 41.0. The number of carbonyl (C=O) groups is 2. The minimum absolute atomic E-state index is 0.00833. The zero-order chi connectivity index (χ0) is 25.8. The highest BCUT2D eigenvalue weighted by atomic mass is 35.5. The van der Waals surface area contributed by atoms with Gasteiger partial charge in [0.1, 0.15) is 5.02 Å². The number of amides is 2. The van der Waals surface area contributed by atoms with Crippen molar-refractivity contribution in [3.8, 4) is 0 Å². The van der Waals surface area contributed by atoms with Gasteiger partial charge in [-0.2, -0.15) is 18.2 Å². The van der Waals surface area contributed by atoms with E-state index in [1.54, 1.807) is 36.2 Å². The molecule has 1 heterocycles. The van der Waals surface area contributed by atoms with Gasteiger partial charge in [-0.3, -0.25) is 9.59 Å². The molecule has 12 heteroatoms. The van der Waals surface area contributed by atoms with E-state index in [9.17, 15) is 22.8 Å². The van der Waals surface area contributed by atoms with E-state index in [1.165, 1.54) is 19.2 Å². The van der Waals surface area contributed by atoms with Gasteiger partial charge in [0, 0.05) is 19.7 Å². The minimum Gasteiger partial charge on any atom is -0.326 e. The molecule has 0 aliphatic carbocycles. The van der Waals surface area contributed by atoms with Crippen molar-refractivity contribution in [1.29, 1.82) is 0 Å². The van der Waals surface area contributed by atoms with Crippen LogP contribution < -0.4 is 20.9 Å². The fraction of sp³-hybridized carbons (Fsp3) is 0.130. The standard InChI is InChI=1S/C23H20ClF3N6O2/c1-4-20(35)30-18-7-5-6-8-19(18)33(3)21-16(24)12-28-22(32-21)31-17-10-9-14(29-13(2)34)11-15(17)23(25,26)27/h4-12H,1H2,2-3H3,(H,29,34)(H,30,35)(H,28,31,32). The number of nitrogens with zero attached hydrogens (tertiary/aromatic N) is 3. The maximum absolute atomic E-state index is 13.7. The summed E-state index contributed by atoms with van der Waals surface area (Å²) >= 11 is 6.28. The number of aromatic nitrogens is 2. The summed E-state index contributed by atoms with van der Waals surface area (Å²) in [6.07, 6.45) is -2.36. The summed E-state index contributed by atoms with van der Waals surface area (Å²) in [4.78, 5) is 32.8. The molecule has 0 saturated carbocycles. The lowest BCUT2D eigenvalue weighted by molar-refractivity contribution is -0.137. The Morgan fingerprint density at radius 3 is 2.49 bits per heavy atom. The molecule has 3 N–H and O–H groups in total. The van der Waals surface area contributed by atoms with Crippen molar-refractivity contribution in [2.75, 3.05) is 27.9 Å². The molecule has 0 saturated heterocycles. The second kappa shape index (κ2) is 10.4. The number of hydrogen-bond acceptors (Lipinski definition) is 6. The summed E-state index contributed by atoms with van der Waals surface area (Å²) in [5.74, 6) is -0.906. The summed E-state index contributed by atoms with van der Waals surface area (Å²) in [5.41, 5.74) is -0.385. The van der Waals surface area contributed by atoms with Crippen molar-refractivity contribution < 1.29 is 22.8 Å². The Morgan fingerprint density at radius 1 is 1.11 bits per heavy atom. The first-order valence-corrected chi connectivity index (χ1v) is 10.4. The molecule has 0 fully saturated rings. The molecular formula is C23H20ClF3N6O2. The van der Waals surface area contributed by atoms with Crippen molar-refractivity contribution in [2.45, 2.75) is 13.1 Å². The van der Waals surface area contributed by atoms with Gasteiger partial charge in [0.15, 0.2) is 5.82 Å². The molecule has 0 bridgehead atoms. The Labute approximate surface area is 203 Å². The van der Waals surface area contributed by atoms with Crippen molar-refractivity contribution in [3.05, 3.63) is 71.9 Å². The van der Waals surface area contributed by atoms with Crippen molar-refractivity contribution >= 4 is 57.9 Å². The van der Waals surface area contributed by atoms with Crippen LogP contribution in [0.25, 0.3) is 0 Å². The van der Waals surface area contributed by atoms with Crippen molar-refractivity contribution in [2.24, 2.45) is 0 Å². The first-order chi connectivity index (χ1) is 16.5. The molecule has 0 atom stereocenters. The number of hydrogen-bond donors (Lipinski definition) is 3. The number of halogens is 4. The minimum atomic E-state index is -4.72. The van der Waals surface area contributed by atoms with Crippen LogP contribution in [-0.2, 0) is 15.8 Å². The molecule has 1 aromatic heterocycles. The predicted molar refractivity (Wildman–Crippen MR) is 129 cm³/mol. The third-order valence-corrected chi connectivity index (χ3v) is 4.91. The van der Waals surface area contributed by atoms with Crippen LogP contribution in [0.3, 0.4) is 0 Å². The highest BCUT2D eigenvalue weighted by Gasteiger charge is 2.34. The van der Waals surface area contributed by atoms with E-state index in [0.717, 1.165) is 18.2 Å². The van der Waals surface area contributed by atoms with Crippen LogP contribution in [-0.4, -0.2) is 28.8 Å². The molecule has 182 valence electrons. The van der Waals surface area contributed by atoms with E-state index < -0.39 is 23.6 Å². The SMILES string of the molecule is C=CC(=O)Nc1ccccc1N(C)c1nc(Nc2ccc(NC(C)=O)cc2C(F)(F)F)ncc1Cl. The average molecular weight is 505 g/mol. The number of carbonyl (C=O) groups excluding carboxylic acids is 2. The molecule has 0 radical (unpaired) electrons. The van der Waals surface area contributed by atoms with E-state index >= 15 is 0 Å². The Kier molecular flexibility index (Phi) is 7.60. The molecule has 2 aromatic carbocycles. The zero-order valence-electron chi connectivity index (χ0n) is 18.6. The first-order valence-electron chi connectivity index (χ1n) is 10.0. The Hall–Kier alpha value is -4.12. The fourth-order valence-electron chi connectivity index (χ4n) is 3.11. The van der Waals surface area contributed by atoms with Gasteiger partial charge in [0.05, 0.1) is 28.8 Å². The van der Waals surface area contributed by atoms with E-state index in [-0.39, 0.29) is 28.2 Å². The van der Waals surface area contributed by atoms with E-state index in [4.69, 9.17) is 11.6 Å². The molecule has 3 aromatic rings. The largest absolute Gasteiger partial charge is 0.418 e. The molecule has 8 nitrogen and oxygen atoms in total. The summed E-state index contributed by atoms with van der Waals surface area (Å²) in [6.45, 7) is 4.62. The van der Waals surface area contributed by atoms with Crippen LogP contribution in [0.2, 0.25) is 5.02 Å². The maximum atomic E-state index is 13.7. The second-order valence-corrected chi connectivity index (χ2v) is 7.61. The zero-order valence-corrected chi connectivity index (χ0v) is 19.3. The highest BCUT2D eigenvalue weighted by molar-refractivity contribution is 6.33. The third-order valence-electron chi connectivity index (χ3n) is 4.64. The summed E-state index contributed by atoms with van der Waals surface area (Å²) in [5, 5.41) is 7.69. The molecule has 35 heavy (non-hydrogen) atoms. The molecular weight excluding hydrogens is 485 g/mol. The maximum Gasteiger partial charge on any atom is 0.418 e. The molecule has 0 aliphatic rings. The van der Waals surface area contributed by atoms with Crippen molar-refractivity contribution in [1.82, 2.24) is 9.97 Å². The Bertz CT molecular complexity index is 1280. The smallest absolute Gasteiger partial charge is 0.326 e. The monoisotopic (exact) mass is 504 g/mol. The van der Waals surface area contributed by atoms with E-state index in [0.29, 0.717) is 11.4 Å². The topological polar surface area (TPSA) is 99.3 Å². The van der Waals surface area contributed by atoms with Gasteiger partial charge in [-0.15, -0.1) is 0 Å². The number of para-hydroxylation sites is 2. The van der Waals surface area contributed by atoms with Crippen LogP contribution in [0.1, 0.15) is 12.5 Å². The van der Waals surface area contributed by atoms with Gasteiger partial charge >= 0.3 is 6.18 Å². The lowest BCUT2D eigenvalue weighted by Gasteiger charge is -2.23. The third kappa shape index (κ3) is 6.27. The van der Waals surface area contributed by atoms with Crippen LogP contribution in [0.4, 0.5) is 47.7 Å². The molecule has 0 unspecified atom stereocenters. The van der Waals surface area contributed by atoms with Crippen molar-refractivity contribution in [3.63, 3.8) is 0 Å². The Balaban J connectivity index is 1.98. The molecule has 0 aliphatic heterocycles. The lowest BCUT2D eigenvalue weighted by Crippen LogP contribution is -2.17. The number of nitrogens with one attached hydrogen (secondary N) is 3. The van der Waals surface area contributed by atoms with Gasteiger partial charge < -0.3 is 20.9 Å². The highest BCUT2D eigenvalue weighted by Crippen LogP contribution is 2.38. The number of rotatable bonds is 7. The fourth-order valence-corrected chi connectivity index (χ4v) is 3.33. The average Bonchev–Trinajstić information content (AvgIpc) is 2.80. The predicted octanol–water partition coefficient (Wildman–Crippen LogP) is 5.74. The molecule has 2 amide bonds. The normalized spacial score (nSPS) is 10.9. The molecule has 3 rings (SSSR count). The van der Waals surface area contributed by atoms with E-state index in [1.807, 2.05) is 0 Å². The van der Waals surface area contributed by atoms with E-state index in [2.05, 4.69) is 32.5 Å². The van der Waals surface area contributed by atoms with Gasteiger partial charge in [-0.25, -0.2) is 4.98 Å². The van der Waals surface area contributed by atoms with Crippen LogP contribution in [0, 0.1) is 0 Å². The van der Waals surface area contributed by atoms with Crippen LogP contribution in [0.5, 0.6) is 0 Å². The second-order valence-electron chi connectivity index (χ2n) is 7.20.